The molecule has 1 amide bonds. The number of rotatable bonds is 8. The van der Waals surface area contributed by atoms with E-state index in [0.717, 1.165) is 17.7 Å². The number of hydrogen-bond acceptors (Lipinski definition) is 3. The van der Waals surface area contributed by atoms with Crippen molar-refractivity contribution < 1.29 is 14.3 Å². The molecule has 0 saturated heterocycles. The van der Waals surface area contributed by atoms with Gasteiger partial charge >= 0.3 is 0 Å². The first-order chi connectivity index (χ1) is 10.8. The molecule has 0 radical (unpaired) electrons. The van der Waals surface area contributed by atoms with Gasteiger partial charge in [0.25, 0.3) is 5.91 Å². The van der Waals surface area contributed by atoms with Crippen molar-refractivity contribution >= 4 is 5.91 Å². The fourth-order valence-corrected chi connectivity index (χ4v) is 1.96. The Hall–Kier alpha value is -2.33. The molecule has 2 aromatic carbocycles. The second kappa shape index (κ2) is 8.85. The zero-order chi connectivity index (χ0) is 15.6. The fourth-order valence-electron chi connectivity index (χ4n) is 1.96. The van der Waals surface area contributed by atoms with Crippen molar-refractivity contribution in [2.75, 3.05) is 20.3 Å². The third-order valence-electron chi connectivity index (χ3n) is 3.18. The zero-order valence-corrected chi connectivity index (χ0v) is 12.7. The minimum Gasteiger partial charge on any atom is -0.489 e. The van der Waals surface area contributed by atoms with Gasteiger partial charge in [-0.2, -0.15) is 0 Å². The molecule has 0 aliphatic heterocycles. The van der Waals surface area contributed by atoms with E-state index in [9.17, 15) is 4.79 Å². The number of ether oxygens (including phenoxy) is 2. The van der Waals surface area contributed by atoms with Crippen molar-refractivity contribution in [3.63, 3.8) is 0 Å². The van der Waals surface area contributed by atoms with Crippen LogP contribution in [-0.2, 0) is 11.3 Å². The van der Waals surface area contributed by atoms with Crippen LogP contribution in [0.3, 0.4) is 0 Å². The molecule has 0 spiro atoms. The Kier molecular flexibility index (Phi) is 6.45. The summed E-state index contributed by atoms with van der Waals surface area (Å²) < 4.78 is 10.6. The molecule has 0 fully saturated rings. The van der Waals surface area contributed by atoms with Crippen LogP contribution in [-0.4, -0.2) is 26.2 Å². The Morgan fingerprint density at radius 1 is 1.05 bits per heavy atom. The van der Waals surface area contributed by atoms with Crippen LogP contribution in [0.1, 0.15) is 22.3 Å². The molecular weight excluding hydrogens is 278 g/mol. The van der Waals surface area contributed by atoms with Crippen molar-refractivity contribution in [3.8, 4) is 5.75 Å². The second-order valence-electron chi connectivity index (χ2n) is 4.90. The first-order valence-corrected chi connectivity index (χ1v) is 7.33. The molecule has 0 atom stereocenters. The Bertz CT molecular complexity index is 567. The molecule has 2 rings (SSSR count). The third-order valence-corrected chi connectivity index (χ3v) is 3.18. The summed E-state index contributed by atoms with van der Waals surface area (Å²) in [7, 11) is 1.65. The first-order valence-electron chi connectivity index (χ1n) is 7.33. The summed E-state index contributed by atoms with van der Waals surface area (Å²) in [5, 5.41) is 2.86. The van der Waals surface area contributed by atoms with Gasteiger partial charge in [-0.3, -0.25) is 4.79 Å². The summed E-state index contributed by atoms with van der Waals surface area (Å²) in [6, 6.07) is 17.1. The zero-order valence-electron chi connectivity index (χ0n) is 12.7. The van der Waals surface area contributed by atoms with E-state index in [1.807, 2.05) is 54.6 Å². The molecule has 0 aliphatic rings. The van der Waals surface area contributed by atoms with Crippen LogP contribution >= 0.6 is 0 Å². The van der Waals surface area contributed by atoms with E-state index < -0.39 is 0 Å². The highest BCUT2D eigenvalue weighted by Gasteiger charge is 2.04. The quantitative estimate of drug-likeness (QED) is 0.762. The van der Waals surface area contributed by atoms with E-state index >= 15 is 0 Å². The van der Waals surface area contributed by atoms with Gasteiger partial charge in [-0.05, 0) is 36.2 Å². The van der Waals surface area contributed by atoms with Crippen LogP contribution in [0.2, 0.25) is 0 Å². The van der Waals surface area contributed by atoms with Crippen LogP contribution < -0.4 is 10.1 Å². The SMILES string of the molecule is COCCCNC(=O)c1ccc(COc2ccccc2)cc1. The number of para-hydroxylation sites is 1. The first kappa shape index (κ1) is 16.0. The van der Waals surface area contributed by atoms with E-state index in [4.69, 9.17) is 9.47 Å². The normalized spacial score (nSPS) is 10.2. The fraction of sp³-hybridized carbons (Fsp3) is 0.278. The largest absolute Gasteiger partial charge is 0.489 e. The van der Waals surface area contributed by atoms with Crippen molar-refractivity contribution in [2.45, 2.75) is 13.0 Å². The predicted molar refractivity (Wildman–Crippen MR) is 86.0 cm³/mol. The summed E-state index contributed by atoms with van der Waals surface area (Å²) in [5.74, 6) is 0.772. The maximum absolute atomic E-state index is 11.9. The lowest BCUT2D eigenvalue weighted by molar-refractivity contribution is 0.0948. The van der Waals surface area contributed by atoms with Crippen LogP contribution in [0.5, 0.6) is 5.75 Å². The van der Waals surface area contributed by atoms with Gasteiger partial charge < -0.3 is 14.8 Å². The molecule has 22 heavy (non-hydrogen) atoms. The molecule has 0 aliphatic carbocycles. The van der Waals surface area contributed by atoms with Gasteiger partial charge in [0.1, 0.15) is 12.4 Å². The third kappa shape index (κ3) is 5.22. The van der Waals surface area contributed by atoms with Crippen LogP contribution in [0, 0.1) is 0 Å². The van der Waals surface area contributed by atoms with E-state index in [2.05, 4.69) is 5.32 Å². The Labute approximate surface area is 131 Å². The van der Waals surface area contributed by atoms with Gasteiger partial charge in [-0.25, -0.2) is 0 Å². The average molecular weight is 299 g/mol. The predicted octanol–water partition coefficient (Wildman–Crippen LogP) is 3.03. The topological polar surface area (TPSA) is 47.6 Å². The number of hydrogen-bond donors (Lipinski definition) is 1. The molecule has 0 bridgehead atoms. The van der Waals surface area contributed by atoms with Gasteiger partial charge in [-0.15, -0.1) is 0 Å². The highest BCUT2D eigenvalue weighted by atomic mass is 16.5. The Balaban J connectivity index is 1.81. The van der Waals surface area contributed by atoms with Gasteiger partial charge in [0.15, 0.2) is 0 Å². The minimum absolute atomic E-state index is 0.0633. The van der Waals surface area contributed by atoms with Crippen molar-refractivity contribution in [1.29, 1.82) is 0 Å². The van der Waals surface area contributed by atoms with Gasteiger partial charge in [0.05, 0.1) is 0 Å². The van der Waals surface area contributed by atoms with Gasteiger partial charge in [-0.1, -0.05) is 30.3 Å². The minimum atomic E-state index is -0.0633. The van der Waals surface area contributed by atoms with E-state index in [1.54, 1.807) is 7.11 Å². The molecule has 0 aromatic heterocycles. The van der Waals surface area contributed by atoms with Gasteiger partial charge in [0, 0.05) is 25.8 Å². The average Bonchev–Trinajstić information content (AvgIpc) is 2.58. The molecule has 4 heteroatoms. The number of carbonyl (C=O) groups is 1. The van der Waals surface area contributed by atoms with Gasteiger partial charge in [0.2, 0.25) is 0 Å². The monoisotopic (exact) mass is 299 g/mol. The molecular formula is C18H21NO3. The molecule has 0 unspecified atom stereocenters. The maximum Gasteiger partial charge on any atom is 0.251 e. The van der Waals surface area contributed by atoms with E-state index in [0.29, 0.717) is 25.3 Å². The standard InChI is InChI=1S/C18H21NO3/c1-21-13-5-12-19-18(20)16-10-8-15(9-11-16)14-22-17-6-3-2-4-7-17/h2-4,6-11H,5,12-14H2,1H3,(H,19,20). The summed E-state index contributed by atoms with van der Waals surface area (Å²) in [6.07, 6.45) is 0.811. The molecule has 2 aromatic rings. The second-order valence-corrected chi connectivity index (χ2v) is 4.90. The molecule has 116 valence electrons. The molecule has 0 heterocycles. The highest BCUT2D eigenvalue weighted by molar-refractivity contribution is 5.94. The smallest absolute Gasteiger partial charge is 0.251 e. The molecule has 0 saturated carbocycles. The molecule has 4 nitrogen and oxygen atoms in total. The van der Waals surface area contributed by atoms with Crippen molar-refractivity contribution in [1.82, 2.24) is 5.32 Å². The summed E-state index contributed by atoms with van der Waals surface area (Å²) in [5.41, 5.74) is 1.68. The van der Waals surface area contributed by atoms with E-state index in [-0.39, 0.29) is 5.91 Å². The molecule has 1 N–H and O–H groups in total. The highest BCUT2D eigenvalue weighted by Crippen LogP contribution is 2.12. The van der Waals surface area contributed by atoms with Crippen LogP contribution in [0.25, 0.3) is 0 Å². The Morgan fingerprint density at radius 3 is 2.45 bits per heavy atom. The number of methoxy groups -OCH3 is 1. The van der Waals surface area contributed by atoms with E-state index in [1.165, 1.54) is 0 Å². The number of nitrogens with one attached hydrogen (secondary N) is 1. The number of benzene rings is 2. The summed E-state index contributed by atoms with van der Waals surface area (Å²) in [6.45, 7) is 1.75. The maximum atomic E-state index is 11.9. The lowest BCUT2D eigenvalue weighted by Crippen LogP contribution is -2.25. The lowest BCUT2D eigenvalue weighted by Gasteiger charge is -2.08. The number of amides is 1. The number of carbonyl (C=O) groups excluding carboxylic acids is 1. The van der Waals surface area contributed by atoms with Crippen molar-refractivity contribution in [2.24, 2.45) is 0 Å². The summed E-state index contributed by atoms with van der Waals surface area (Å²) >= 11 is 0. The summed E-state index contributed by atoms with van der Waals surface area (Å²) in [4.78, 5) is 11.9. The lowest BCUT2D eigenvalue weighted by atomic mass is 10.1. The van der Waals surface area contributed by atoms with Crippen molar-refractivity contribution in [3.05, 3.63) is 65.7 Å². The van der Waals surface area contributed by atoms with Crippen LogP contribution in [0.4, 0.5) is 0 Å². The Morgan fingerprint density at radius 2 is 1.77 bits per heavy atom. The van der Waals surface area contributed by atoms with Crippen LogP contribution in [0.15, 0.2) is 54.6 Å².